The van der Waals surface area contributed by atoms with E-state index in [1.165, 1.54) is 0 Å². The molecule has 0 aromatic carbocycles. The summed E-state index contributed by atoms with van der Waals surface area (Å²) in [6.07, 6.45) is -1.56. The van der Waals surface area contributed by atoms with Gasteiger partial charge in [-0.3, -0.25) is 0 Å². The van der Waals surface area contributed by atoms with Crippen LogP contribution < -0.4 is 31.1 Å². The standard InChI is InChI=1S/C33H56BrN9O8/c1-30(2,3)48-26(44)35-19-13-20(36-27(45)49-31(4,5)6)16-42(15-19)24-23(34)25(40-41-39-24)43-17-21(37-28(46)50-32(7,8)9)14-22(18-43)38-29(47)51-33(10,11)12/h19-22H,13-18H2,1-12H3,(H,35,44)(H,36,45)(H,37,46)(H,38,47). The number of nitrogens with one attached hydrogen (secondary N) is 4. The third kappa shape index (κ3) is 14.7. The molecule has 4 N–H and O–H groups in total. The summed E-state index contributed by atoms with van der Waals surface area (Å²) >= 11 is 3.70. The van der Waals surface area contributed by atoms with Crippen molar-refractivity contribution in [3.63, 3.8) is 0 Å². The van der Waals surface area contributed by atoms with Gasteiger partial charge in [0.15, 0.2) is 11.6 Å². The number of piperidine rings is 2. The van der Waals surface area contributed by atoms with E-state index in [9.17, 15) is 19.2 Å². The highest BCUT2D eigenvalue weighted by Crippen LogP contribution is 2.34. The topological polar surface area (TPSA) is 198 Å². The monoisotopic (exact) mass is 785 g/mol. The van der Waals surface area contributed by atoms with Gasteiger partial charge in [0, 0.05) is 26.2 Å². The Morgan fingerprint density at radius 3 is 0.980 bits per heavy atom. The molecule has 2 saturated heterocycles. The number of carbonyl (C=O) groups is 4. The fourth-order valence-electron chi connectivity index (χ4n) is 5.56. The summed E-state index contributed by atoms with van der Waals surface area (Å²) in [5.41, 5.74) is -2.83. The molecule has 2 fully saturated rings. The zero-order chi connectivity index (χ0) is 38.5. The number of hydrogen-bond donors (Lipinski definition) is 4. The van der Waals surface area contributed by atoms with Crippen LogP contribution in [0.3, 0.4) is 0 Å². The van der Waals surface area contributed by atoms with Crippen LogP contribution in [0.4, 0.5) is 30.8 Å². The van der Waals surface area contributed by atoms with Crippen LogP contribution in [0.2, 0.25) is 0 Å². The van der Waals surface area contributed by atoms with Gasteiger partial charge in [-0.05, 0) is 117 Å². The first-order valence-corrected chi connectivity index (χ1v) is 17.9. The lowest BCUT2D eigenvalue weighted by molar-refractivity contribution is 0.0452. The van der Waals surface area contributed by atoms with Crippen molar-refractivity contribution in [3.8, 4) is 0 Å². The van der Waals surface area contributed by atoms with Crippen LogP contribution in [0.1, 0.15) is 95.9 Å². The van der Waals surface area contributed by atoms with Crippen molar-refractivity contribution in [1.29, 1.82) is 0 Å². The van der Waals surface area contributed by atoms with Crippen molar-refractivity contribution in [1.82, 2.24) is 36.7 Å². The van der Waals surface area contributed by atoms with Crippen LogP contribution in [0.5, 0.6) is 0 Å². The minimum absolute atomic E-state index is 0.314. The third-order valence-electron chi connectivity index (χ3n) is 7.06. The Hall–Kier alpha value is -3.83. The molecule has 4 atom stereocenters. The Labute approximate surface area is 309 Å². The molecular weight excluding hydrogens is 730 g/mol. The lowest BCUT2D eigenvalue weighted by Gasteiger charge is -2.41. The first-order valence-electron chi connectivity index (χ1n) is 17.1. The smallest absolute Gasteiger partial charge is 0.407 e. The van der Waals surface area contributed by atoms with Crippen LogP contribution in [0.15, 0.2) is 4.47 Å². The minimum Gasteiger partial charge on any atom is -0.444 e. The van der Waals surface area contributed by atoms with Gasteiger partial charge in [-0.25, -0.2) is 19.2 Å². The van der Waals surface area contributed by atoms with Crippen LogP contribution >= 0.6 is 15.9 Å². The SMILES string of the molecule is CC(C)(C)OC(=O)NC1CC(NC(=O)OC(C)(C)C)CN(c2nnnc(N3CC(NC(=O)OC(C)(C)C)CC(NC(=O)OC(C)(C)C)C3)c2Br)C1. The Morgan fingerprint density at radius 2 is 0.765 bits per heavy atom. The van der Waals surface area contributed by atoms with E-state index in [-0.39, 0.29) is 0 Å². The Morgan fingerprint density at radius 1 is 0.529 bits per heavy atom. The average Bonchev–Trinajstić information content (AvgIpc) is 2.88. The third-order valence-corrected chi connectivity index (χ3v) is 7.76. The van der Waals surface area contributed by atoms with Gasteiger partial charge in [-0.1, -0.05) is 0 Å². The molecule has 2 aliphatic heterocycles. The van der Waals surface area contributed by atoms with Crippen LogP contribution in [-0.2, 0) is 18.9 Å². The molecule has 18 heteroatoms. The highest BCUT2D eigenvalue weighted by atomic mass is 79.9. The number of carbonyl (C=O) groups excluding carboxylic acids is 4. The molecule has 3 heterocycles. The second-order valence-corrected chi connectivity index (χ2v) is 17.7. The highest BCUT2D eigenvalue weighted by Gasteiger charge is 2.37. The molecule has 3 rings (SSSR count). The maximum atomic E-state index is 12.8. The molecule has 4 unspecified atom stereocenters. The lowest BCUT2D eigenvalue weighted by atomic mass is 10.00. The van der Waals surface area contributed by atoms with E-state index in [2.05, 4.69) is 52.6 Å². The fourth-order valence-corrected chi connectivity index (χ4v) is 6.22. The zero-order valence-electron chi connectivity index (χ0n) is 31.9. The molecule has 2 aliphatic rings. The van der Waals surface area contributed by atoms with E-state index in [4.69, 9.17) is 18.9 Å². The molecule has 0 spiro atoms. The summed E-state index contributed by atoms with van der Waals surface area (Å²) in [7, 11) is 0. The summed E-state index contributed by atoms with van der Waals surface area (Å²) < 4.78 is 22.5. The molecule has 288 valence electrons. The first kappa shape index (κ1) is 41.6. The van der Waals surface area contributed by atoms with Gasteiger partial charge >= 0.3 is 24.4 Å². The summed E-state index contributed by atoms with van der Waals surface area (Å²) in [6, 6.07) is -1.78. The quantitative estimate of drug-likeness (QED) is 0.292. The number of anilines is 2. The van der Waals surface area contributed by atoms with E-state index in [1.54, 1.807) is 83.1 Å². The van der Waals surface area contributed by atoms with Gasteiger partial charge in [-0.15, -0.1) is 10.2 Å². The molecule has 0 bridgehead atoms. The van der Waals surface area contributed by atoms with E-state index in [1.807, 2.05) is 9.80 Å². The minimum atomic E-state index is -0.706. The van der Waals surface area contributed by atoms with E-state index in [0.29, 0.717) is 55.1 Å². The molecule has 0 aliphatic carbocycles. The Kier molecular flexibility index (Phi) is 13.2. The van der Waals surface area contributed by atoms with Gasteiger partial charge < -0.3 is 50.0 Å². The summed E-state index contributed by atoms with van der Waals surface area (Å²) in [5, 5.41) is 24.4. The number of ether oxygens (including phenoxy) is 4. The predicted molar refractivity (Wildman–Crippen MR) is 194 cm³/mol. The molecular formula is C33H56BrN9O8. The highest BCUT2D eigenvalue weighted by molar-refractivity contribution is 9.10. The Bertz CT molecular complexity index is 1230. The largest absolute Gasteiger partial charge is 0.444 e. The van der Waals surface area contributed by atoms with Crippen molar-refractivity contribution in [2.24, 2.45) is 0 Å². The van der Waals surface area contributed by atoms with Gasteiger partial charge in [0.2, 0.25) is 0 Å². The normalized spacial score (nSPS) is 21.6. The molecule has 0 radical (unpaired) electrons. The Balaban J connectivity index is 1.91. The fraction of sp³-hybridized carbons (Fsp3) is 0.788. The van der Waals surface area contributed by atoms with Crippen molar-refractivity contribution in [2.45, 2.75) is 142 Å². The maximum Gasteiger partial charge on any atom is 0.407 e. The predicted octanol–water partition coefficient (Wildman–Crippen LogP) is 4.63. The second-order valence-electron chi connectivity index (χ2n) is 16.9. The first-order chi connectivity index (χ1) is 23.2. The van der Waals surface area contributed by atoms with Crippen LogP contribution in [0, 0.1) is 0 Å². The number of aromatic nitrogens is 3. The summed E-state index contributed by atoms with van der Waals surface area (Å²) in [4.78, 5) is 54.9. The van der Waals surface area contributed by atoms with Crippen LogP contribution in [0.25, 0.3) is 0 Å². The zero-order valence-corrected chi connectivity index (χ0v) is 33.5. The number of alkyl carbamates (subject to hydrolysis) is 4. The second kappa shape index (κ2) is 16.2. The van der Waals surface area contributed by atoms with Gasteiger partial charge in [-0.2, -0.15) is 0 Å². The van der Waals surface area contributed by atoms with Crippen LogP contribution in [-0.4, -0.2) is 113 Å². The summed E-state index contributed by atoms with van der Waals surface area (Å²) in [5.74, 6) is 0.816. The number of hydrogen-bond acceptors (Lipinski definition) is 13. The molecule has 1 aromatic rings. The van der Waals surface area contributed by atoms with E-state index in [0.717, 1.165) is 0 Å². The number of halogens is 1. The van der Waals surface area contributed by atoms with Crippen molar-refractivity contribution < 1.29 is 38.1 Å². The van der Waals surface area contributed by atoms with E-state index < -0.39 is 70.9 Å². The molecule has 0 saturated carbocycles. The molecule has 51 heavy (non-hydrogen) atoms. The summed E-state index contributed by atoms with van der Waals surface area (Å²) in [6.45, 7) is 22.6. The molecule has 4 amide bonds. The number of rotatable bonds is 6. The van der Waals surface area contributed by atoms with Crippen molar-refractivity contribution >= 4 is 51.9 Å². The number of amides is 4. The molecule has 1 aromatic heterocycles. The van der Waals surface area contributed by atoms with E-state index >= 15 is 0 Å². The van der Waals surface area contributed by atoms with Crippen molar-refractivity contribution in [3.05, 3.63) is 4.47 Å². The number of nitrogens with zero attached hydrogens (tertiary/aromatic N) is 5. The van der Waals surface area contributed by atoms with Gasteiger partial charge in [0.05, 0.1) is 24.2 Å². The van der Waals surface area contributed by atoms with Gasteiger partial charge in [0.25, 0.3) is 0 Å². The molecule has 17 nitrogen and oxygen atoms in total. The van der Waals surface area contributed by atoms with Crippen molar-refractivity contribution in [2.75, 3.05) is 36.0 Å². The average molecular weight is 787 g/mol. The maximum absolute atomic E-state index is 12.8. The van der Waals surface area contributed by atoms with Gasteiger partial charge in [0.1, 0.15) is 26.9 Å². The lowest BCUT2D eigenvalue weighted by Crippen LogP contribution is -2.59.